The van der Waals surface area contributed by atoms with E-state index in [1.807, 2.05) is 0 Å². The molecule has 3 aromatic rings. The predicted octanol–water partition coefficient (Wildman–Crippen LogP) is 4.06. The topological polar surface area (TPSA) is 60.7 Å². The Morgan fingerprint density at radius 2 is 0.783 bits per heavy atom. The smallest absolute Gasteiger partial charge is 0.196 e. The summed E-state index contributed by atoms with van der Waals surface area (Å²) in [5.74, 6) is -0.787. The summed E-state index contributed by atoms with van der Waals surface area (Å²) in [7, 11) is 0. The number of hydrogen-bond acceptors (Lipinski definition) is 3. The van der Waals surface area contributed by atoms with Gasteiger partial charge in [0.05, 0.1) is 0 Å². The summed E-state index contributed by atoms with van der Waals surface area (Å²) in [6, 6.07) is 17.9. The molecule has 4 heteroatoms. The molecule has 0 aliphatic carbocycles. The van der Waals surface area contributed by atoms with E-state index >= 15 is 4.39 Å². The Labute approximate surface area is 132 Å². The Kier molecular flexibility index (Phi) is 3.66. The highest BCUT2D eigenvalue weighted by Gasteiger charge is 2.42. The summed E-state index contributed by atoms with van der Waals surface area (Å²) in [6.07, 6.45) is 0. The number of phenolic OH excluding ortho intramolecular Hbond substituents is 3. The summed E-state index contributed by atoms with van der Waals surface area (Å²) in [4.78, 5) is 0. The molecule has 0 radical (unpaired) electrons. The van der Waals surface area contributed by atoms with Crippen molar-refractivity contribution in [2.24, 2.45) is 0 Å². The zero-order valence-corrected chi connectivity index (χ0v) is 12.1. The van der Waals surface area contributed by atoms with Gasteiger partial charge in [-0.25, -0.2) is 4.39 Å². The van der Waals surface area contributed by atoms with Gasteiger partial charge >= 0.3 is 0 Å². The number of halogens is 1. The minimum absolute atomic E-state index is 0.0528. The summed E-state index contributed by atoms with van der Waals surface area (Å²) in [6.45, 7) is 0. The fourth-order valence-electron chi connectivity index (χ4n) is 2.73. The second-order valence-electron chi connectivity index (χ2n) is 5.21. The summed E-state index contributed by atoms with van der Waals surface area (Å²) in [5.41, 5.74) is -2.56. The van der Waals surface area contributed by atoms with Gasteiger partial charge in [0.2, 0.25) is 0 Å². The van der Waals surface area contributed by atoms with Crippen LogP contribution in [0.1, 0.15) is 16.7 Å². The number of benzene rings is 3. The van der Waals surface area contributed by atoms with Crippen LogP contribution in [0.2, 0.25) is 0 Å². The molecule has 23 heavy (non-hydrogen) atoms. The van der Waals surface area contributed by atoms with Crippen LogP contribution in [0.4, 0.5) is 4.39 Å². The second kappa shape index (κ2) is 5.65. The third-order valence-corrected chi connectivity index (χ3v) is 3.83. The van der Waals surface area contributed by atoms with Crippen LogP contribution in [0.5, 0.6) is 17.2 Å². The number of rotatable bonds is 3. The van der Waals surface area contributed by atoms with Crippen LogP contribution >= 0.6 is 0 Å². The fourth-order valence-corrected chi connectivity index (χ4v) is 2.73. The average Bonchev–Trinajstić information content (AvgIpc) is 2.55. The summed E-state index contributed by atoms with van der Waals surface area (Å²) in [5, 5.41) is 30.4. The molecule has 116 valence electrons. The van der Waals surface area contributed by atoms with Gasteiger partial charge < -0.3 is 15.3 Å². The molecule has 0 amide bonds. The number of alkyl halides is 1. The van der Waals surface area contributed by atoms with Crippen LogP contribution in [-0.2, 0) is 5.67 Å². The molecule has 0 fully saturated rings. The van der Waals surface area contributed by atoms with Gasteiger partial charge in [-0.05, 0) is 18.2 Å². The quantitative estimate of drug-likeness (QED) is 0.639. The van der Waals surface area contributed by atoms with Crippen molar-refractivity contribution in [3.05, 3.63) is 89.5 Å². The van der Waals surface area contributed by atoms with Crippen molar-refractivity contribution >= 4 is 0 Å². The molecule has 0 saturated heterocycles. The molecular weight excluding hydrogens is 295 g/mol. The van der Waals surface area contributed by atoms with E-state index in [1.165, 1.54) is 36.4 Å². The van der Waals surface area contributed by atoms with Crippen molar-refractivity contribution in [2.75, 3.05) is 0 Å². The molecule has 0 heterocycles. The molecule has 0 atom stereocenters. The van der Waals surface area contributed by atoms with Crippen LogP contribution in [0.15, 0.2) is 72.8 Å². The van der Waals surface area contributed by atoms with E-state index in [-0.39, 0.29) is 33.9 Å². The van der Waals surface area contributed by atoms with E-state index < -0.39 is 5.67 Å². The number of aromatic hydroxyl groups is 3. The minimum Gasteiger partial charge on any atom is -0.508 e. The van der Waals surface area contributed by atoms with Crippen LogP contribution in [0.25, 0.3) is 0 Å². The van der Waals surface area contributed by atoms with Gasteiger partial charge in [0.1, 0.15) is 17.2 Å². The van der Waals surface area contributed by atoms with E-state index in [0.29, 0.717) is 0 Å². The molecule has 0 bridgehead atoms. The highest BCUT2D eigenvalue weighted by molar-refractivity contribution is 5.58. The molecule has 3 nitrogen and oxygen atoms in total. The monoisotopic (exact) mass is 310 g/mol. The van der Waals surface area contributed by atoms with E-state index in [4.69, 9.17) is 0 Å². The van der Waals surface area contributed by atoms with Crippen molar-refractivity contribution in [3.63, 3.8) is 0 Å². The Morgan fingerprint density at radius 3 is 1.04 bits per heavy atom. The molecule has 3 aromatic carbocycles. The van der Waals surface area contributed by atoms with E-state index in [2.05, 4.69) is 0 Å². The lowest BCUT2D eigenvalue weighted by molar-refractivity contribution is 0.255. The SMILES string of the molecule is Oc1ccccc1C(F)(c1ccccc1O)c1ccccc1O. The molecule has 0 saturated carbocycles. The van der Waals surface area contributed by atoms with Gasteiger partial charge in [0.15, 0.2) is 5.67 Å². The molecule has 3 N–H and O–H groups in total. The van der Waals surface area contributed by atoms with Crippen LogP contribution in [0, 0.1) is 0 Å². The Balaban J connectivity index is 2.38. The van der Waals surface area contributed by atoms with Gasteiger partial charge in [-0.2, -0.15) is 0 Å². The maximum atomic E-state index is 16.3. The van der Waals surface area contributed by atoms with E-state index in [0.717, 1.165) is 0 Å². The van der Waals surface area contributed by atoms with Crippen molar-refractivity contribution < 1.29 is 19.7 Å². The zero-order chi connectivity index (χ0) is 16.4. The molecule has 0 aromatic heterocycles. The highest BCUT2D eigenvalue weighted by Crippen LogP contribution is 2.49. The molecule has 0 unspecified atom stereocenters. The van der Waals surface area contributed by atoms with Crippen molar-refractivity contribution in [2.45, 2.75) is 5.67 Å². The van der Waals surface area contributed by atoms with Crippen LogP contribution in [-0.4, -0.2) is 15.3 Å². The van der Waals surface area contributed by atoms with Gasteiger partial charge in [-0.1, -0.05) is 54.6 Å². The van der Waals surface area contributed by atoms with Crippen LogP contribution in [0.3, 0.4) is 0 Å². The third kappa shape index (κ3) is 2.38. The summed E-state index contributed by atoms with van der Waals surface area (Å²) >= 11 is 0. The Bertz CT molecular complexity index is 734. The maximum absolute atomic E-state index is 16.3. The van der Waals surface area contributed by atoms with Crippen molar-refractivity contribution in [3.8, 4) is 17.2 Å². The van der Waals surface area contributed by atoms with Gasteiger partial charge in [0, 0.05) is 16.7 Å². The molecule has 0 spiro atoms. The maximum Gasteiger partial charge on any atom is 0.196 e. The lowest BCUT2D eigenvalue weighted by atomic mass is 9.80. The van der Waals surface area contributed by atoms with E-state index in [9.17, 15) is 15.3 Å². The fraction of sp³-hybridized carbons (Fsp3) is 0.0526. The Hall–Kier alpha value is -3.01. The van der Waals surface area contributed by atoms with Gasteiger partial charge in [0.25, 0.3) is 0 Å². The number of hydrogen-bond donors (Lipinski definition) is 3. The molecular formula is C19H15FO3. The Morgan fingerprint density at radius 1 is 0.522 bits per heavy atom. The van der Waals surface area contributed by atoms with Crippen LogP contribution < -0.4 is 0 Å². The first-order valence-electron chi connectivity index (χ1n) is 7.09. The lowest BCUT2D eigenvalue weighted by Gasteiger charge is -2.29. The summed E-state index contributed by atoms with van der Waals surface area (Å²) < 4.78 is 16.3. The first-order chi connectivity index (χ1) is 11.0. The lowest BCUT2D eigenvalue weighted by Crippen LogP contribution is -2.24. The minimum atomic E-state index is -2.40. The highest BCUT2D eigenvalue weighted by atomic mass is 19.1. The molecule has 3 rings (SSSR count). The van der Waals surface area contributed by atoms with Crippen molar-refractivity contribution in [1.82, 2.24) is 0 Å². The molecule has 0 aliphatic rings. The van der Waals surface area contributed by atoms with Crippen molar-refractivity contribution in [1.29, 1.82) is 0 Å². The number of para-hydroxylation sites is 3. The van der Waals surface area contributed by atoms with Gasteiger partial charge in [-0.3, -0.25) is 0 Å². The predicted molar refractivity (Wildman–Crippen MR) is 85.3 cm³/mol. The second-order valence-corrected chi connectivity index (χ2v) is 5.21. The average molecular weight is 310 g/mol. The third-order valence-electron chi connectivity index (χ3n) is 3.83. The first-order valence-corrected chi connectivity index (χ1v) is 7.09. The largest absolute Gasteiger partial charge is 0.508 e. The van der Waals surface area contributed by atoms with E-state index in [1.54, 1.807) is 36.4 Å². The molecule has 0 aliphatic heterocycles. The standard InChI is InChI=1S/C19H15FO3/c20-19(13-7-1-4-10-16(13)21,14-8-2-5-11-17(14)22)15-9-3-6-12-18(15)23/h1-12,21-23H. The normalized spacial score (nSPS) is 11.3. The number of phenols is 3. The first kappa shape index (κ1) is 14.9. The van der Waals surface area contributed by atoms with Gasteiger partial charge in [-0.15, -0.1) is 0 Å². The zero-order valence-electron chi connectivity index (χ0n) is 12.1.